The lowest BCUT2D eigenvalue weighted by Crippen LogP contribution is -2.56. The summed E-state index contributed by atoms with van der Waals surface area (Å²) in [6, 6.07) is 6.93. The molecule has 0 aliphatic carbocycles. The van der Waals surface area contributed by atoms with Crippen LogP contribution in [0.4, 0.5) is 5.69 Å². The summed E-state index contributed by atoms with van der Waals surface area (Å²) in [5, 5.41) is 3.40. The minimum absolute atomic E-state index is 0.176. The Labute approximate surface area is 127 Å². The van der Waals surface area contributed by atoms with Crippen molar-refractivity contribution in [2.75, 3.05) is 32.0 Å². The lowest BCUT2D eigenvalue weighted by molar-refractivity contribution is 0.0414. The number of nitrogens with zero attached hydrogens (tertiary/aromatic N) is 2. The van der Waals surface area contributed by atoms with Crippen LogP contribution in [-0.2, 0) is 6.42 Å². The van der Waals surface area contributed by atoms with Crippen LogP contribution in [0.1, 0.15) is 36.2 Å². The normalized spacial score (nSPS) is 26.1. The number of benzene rings is 1. The van der Waals surface area contributed by atoms with Gasteiger partial charge >= 0.3 is 0 Å². The fourth-order valence-electron chi connectivity index (χ4n) is 3.36. The molecule has 2 heterocycles. The van der Waals surface area contributed by atoms with Crippen LogP contribution in [0.25, 0.3) is 0 Å². The average molecular weight is 287 g/mol. The summed E-state index contributed by atoms with van der Waals surface area (Å²) in [6.07, 6.45) is 2.21. The van der Waals surface area contributed by atoms with Gasteiger partial charge in [-0.1, -0.05) is 0 Å². The molecule has 2 aliphatic heterocycles. The van der Waals surface area contributed by atoms with E-state index in [4.69, 9.17) is 0 Å². The largest absolute Gasteiger partial charge is 0.385 e. The average Bonchev–Trinajstić information content (AvgIpc) is 2.51. The summed E-state index contributed by atoms with van der Waals surface area (Å²) in [5.41, 5.74) is 3.31. The first kappa shape index (κ1) is 14.4. The minimum Gasteiger partial charge on any atom is -0.385 e. The predicted octanol–water partition coefficient (Wildman–Crippen LogP) is 2.21. The number of hydrogen-bond donors (Lipinski definition) is 1. The van der Waals surface area contributed by atoms with Gasteiger partial charge in [-0.25, -0.2) is 0 Å². The van der Waals surface area contributed by atoms with Crippen molar-refractivity contribution >= 4 is 11.6 Å². The third-order valence-corrected chi connectivity index (χ3v) is 4.94. The second-order valence-corrected chi connectivity index (χ2v) is 6.48. The Kier molecular flexibility index (Phi) is 3.89. The zero-order valence-corrected chi connectivity index (χ0v) is 13.2. The standard InChI is InChI=1S/C17H25N3O/c1-12-10-20(11-13(2)19(12)3)17(21)15-6-7-16-14(9-15)5-4-8-18-16/h6-7,9,12-13,18H,4-5,8,10-11H2,1-3H3. The molecule has 1 aromatic rings. The Balaban J connectivity index is 1.79. The molecule has 1 N–H and O–H groups in total. The fourth-order valence-corrected chi connectivity index (χ4v) is 3.36. The van der Waals surface area contributed by atoms with Crippen LogP contribution in [0.15, 0.2) is 18.2 Å². The molecule has 0 radical (unpaired) electrons. The SMILES string of the molecule is CC1CN(C(=O)c2ccc3c(c2)CCCN3)CC(C)N1C. The summed E-state index contributed by atoms with van der Waals surface area (Å²) in [5.74, 6) is 0.176. The molecule has 1 aromatic carbocycles. The molecule has 2 atom stereocenters. The van der Waals surface area contributed by atoms with E-state index < -0.39 is 0 Å². The number of piperazine rings is 1. The van der Waals surface area contributed by atoms with E-state index in [1.165, 1.54) is 11.3 Å². The Morgan fingerprint density at radius 2 is 1.95 bits per heavy atom. The van der Waals surface area contributed by atoms with E-state index in [1.54, 1.807) is 0 Å². The quantitative estimate of drug-likeness (QED) is 0.860. The molecular weight excluding hydrogens is 262 g/mol. The van der Waals surface area contributed by atoms with E-state index in [0.717, 1.165) is 38.0 Å². The summed E-state index contributed by atoms with van der Waals surface area (Å²) >= 11 is 0. The monoisotopic (exact) mass is 287 g/mol. The highest BCUT2D eigenvalue weighted by Crippen LogP contribution is 2.24. The Morgan fingerprint density at radius 3 is 2.67 bits per heavy atom. The first-order chi connectivity index (χ1) is 10.1. The molecule has 4 heteroatoms. The molecule has 1 fully saturated rings. The van der Waals surface area contributed by atoms with Gasteiger partial charge in [0.2, 0.25) is 0 Å². The lowest BCUT2D eigenvalue weighted by atomic mass is 9.99. The first-order valence-electron chi connectivity index (χ1n) is 7.94. The molecule has 2 unspecified atom stereocenters. The third kappa shape index (κ3) is 2.77. The topological polar surface area (TPSA) is 35.6 Å². The molecule has 0 spiro atoms. The van der Waals surface area contributed by atoms with Crippen molar-refractivity contribution in [3.05, 3.63) is 29.3 Å². The molecule has 2 aliphatic rings. The molecule has 1 saturated heterocycles. The van der Waals surface area contributed by atoms with E-state index in [9.17, 15) is 4.79 Å². The third-order valence-electron chi connectivity index (χ3n) is 4.94. The molecule has 0 aromatic heterocycles. The van der Waals surface area contributed by atoms with Gasteiger partial charge in [0.25, 0.3) is 5.91 Å². The molecular formula is C17H25N3O. The number of nitrogens with one attached hydrogen (secondary N) is 1. The number of amides is 1. The van der Waals surface area contributed by atoms with Gasteiger partial charge in [-0.2, -0.15) is 0 Å². The van der Waals surface area contributed by atoms with Gasteiger partial charge in [0.05, 0.1) is 0 Å². The van der Waals surface area contributed by atoms with Crippen molar-refractivity contribution < 1.29 is 4.79 Å². The maximum atomic E-state index is 12.8. The van der Waals surface area contributed by atoms with E-state index in [2.05, 4.69) is 43.2 Å². The van der Waals surface area contributed by atoms with Crippen molar-refractivity contribution in [1.82, 2.24) is 9.80 Å². The zero-order chi connectivity index (χ0) is 15.0. The second-order valence-electron chi connectivity index (χ2n) is 6.48. The van der Waals surface area contributed by atoms with Gasteiger partial charge in [-0.15, -0.1) is 0 Å². The fraction of sp³-hybridized carbons (Fsp3) is 0.588. The highest BCUT2D eigenvalue weighted by atomic mass is 16.2. The van der Waals surface area contributed by atoms with Crippen LogP contribution in [0.5, 0.6) is 0 Å². The molecule has 114 valence electrons. The molecule has 1 amide bonds. The number of aryl methyl sites for hydroxylation is 1. The van der Waals surface area contributed by atoms with Crippen LogP contribution < -0.4 is 5.32 Å². The van der Waals surface area contributed by atoms with Gasteiger partial charge in [0.1, 0.15) is 0 Å². The van der Waals surface area contributed by atoms with Crippen molar-refractivity contribution in [1.29, 1.82) is 0 Å². The van der Waals surface area contributed by atoms with Crippen molar-refractivity contribution in [2.24, 2.45) is 0 Å². The van der Waals surface area contributed by atoms with Crippen LogP contribution in [0.2, 0.25) is 0 Å². The highest BCUT2D eigenvalue weighted by molar-refractivity contribution is 5.95. The maximum absolute atomic E-state index is 12.8. The number of carbonyl (C=O) groups is 1. The summed E-state index contributed by atoms with van der Waals surface area (Å²) < 4.78 is 0. The zero-order valence-electron chi connectivity index (χ0n) is 13.2. The number of likely N-dealkylation sites (N-methyl/N-ethyl adjacent to an activating group) is 1. The van der Waals surface area contributed by atoms with Crippen LogP contribution in [0.3, 0.4) is 0 Å². The summed E-state index contributed by atoms with van der Waals surface area (Å²) in [6.45, 7) is 7.04. The van der Waals surface area contributed by atoms with Crippen LogP contribution >= 0.6 is 0 Å². The van der Waals surface area contributed by atoms with E-state index in [-0.39, 0.29) is 5.91 Å². The Hall–Kier alpha value is -1.55. The minimum atomic E-state index is 0.176. The van der Waals surface area contributed by atoms with Crippen molar-refractivity contribution in [3.8, 4) is 0 Å². The first-order valence-corrected chi connectivity index (χ1v) is 7.94. The number of fused-ring (bicyclic) bond motifs is 1. The van der Waals surface area contributed by atoms with E-state index in [0.29, 0.717) is 12.1 Å². The van der Waals surface area contributed by atoms with Gasteiger partial charge in [0.15, 0.2) is 0 Å². The second kappa shape index (κ2) is 5.68. The van der Waals surface area contributed by atoms with E-state index in [1.807, 2.05) is 11.0 Å². The molecule has 0 bridgehead atoms. The molecule has 3 rings (SSSR count). The van der Waals surface area contributed by atoms with Crippen molar-refractivity contribution in [3.63, 3.8) is 0 Å². The molecule has 4 nitrogen and oxygen atoms in total. The van der Waals surface area contributed by atoms with Gasteiger partial charge < -0.3 is 10.2 Å². The van der Waals surface area contributed by atoms with Gasteiger partial charge in [-0.05, 0) is 57.5 Å². The number of anilines is 1. The Bertz CT molecular complexity index is 531. The lowest BCUT2D eigenvalue weighted by Gasteiger charge is -2.42. The molecule has 21 heavy (non-hydrogen) atoms. The predicted molar refractivity (Wildman–Crippen MR) is 85.8 cm³/mol. The van der Waals surface area contributed by atoms with Gasteiger partial charge in [-0.3, -0.25) is 9.69 Å². The van der Waals surface area contributed by atoms with Gasteiger partial charge in [0, 0.05) is 43.0 Å². The number of rotatable bonds is 1. The smallest absolute Gasteiger partial charge is 0.253 e. The van der Waals surface area contributed by atoms with Crippen LogP contribution in [0, 0.1) is 0 Å². The maximum Gasteiger partial charge on any atom is 0.253 e. The Morgan fingerprint density at radius 1 is 1.24 bits per heavy atom. The van der Waals surface area contributed by atoms with Crippen LogP contribution in [-0.4, -0.2) is 54.5 Å². The van der Waals surface area contributed by atoms with Crippen molar-refractivity contribution in [2.45, 2.75) is 38.8 Å². The summed E-state index contributed by atoms with van der Waals surface area (Å²) in [7, 11) is 2.14. The summed E-state index contributed by atoms with van der Waals surface area (Å²) in [4.78, 5) is 17.1. The number of carbonyl (C=O) groups excluding carboxylic acids is 1. The highest BCUT2D eigenvalue weighted by Gasteiger charge is 2.30. The number of hydrogen-bond acceptors (Lipinski definition) is 3. The van der Waals surface area contributed by atoms with E-state index >= 15 is 0 Å². The molecule has 0 saturated carbocycles.